The number of likely N-dealkylation sites (tertiary alicyclic amines) is 1. The Morgan fingerprint density at radius 2 is 1.80 bits per heavy atom. The monoisotopic (exact) mass is 269 g/mol. The van der Waals surface area contributed by atoms with Crippen molar-refractivity contribution in [1.82, 2.24) is 4.90 Å². The van der Waals surface area contributed by atoms with Crippen LogP contribution < -0.4 is 0 Å². The Balaban J connectivity index is 1.66. The summed E-state index contributed by atoms with van der Waals surface area (Å²) in [4.78, 5) is 14.5. The minimum Gasteiger partial charge on any atom is -0.461 e. The highest BCUT2D eigenvalue weighted by molar-refractivity contribution is 6.04. The Kier molecular flexibility index (Phi) is 3.97. The van der Waals surface area contributed by atoms with Crippen molar-refractivity contribution in [2.75, 3.05) is 26.2 Å². The summed E-state index contributed by atoms with van der Waals surface area (Å²) in [5.41, 5.74) is 0.657. The smallest absolute Gasteiger partial charge is 0.338 e. The fraction of sp³-hybridized carbons (Fsp3) is 0.353. The molecule has 0 spiro atoms. The van der Waals surface area contributed by atoms with E-state index < -0.39 is 0 Å². The van der Waals surface area contributed by atoms with Crippen LogP contribution in [0.1, 0.15) is 23.2 Å². The normalized spacial score (nSPS) is 15.6. The fourth-order valence-electron chi connectivity index (χ4n) is 2.75. The maximum Gasteiger partial charge on any atom is 0.338 e. The predicted octanol–water partition coefficient (Wildman–Crippen LogP) is 3.09. The Hall–Kier alpha value is -1.87. The van der Waals surface area contributed by atoms with Crippen molar-refractivity contribution in [2.24, 2.45) is 0 Å². The first kappa shape index (κ1) is 13.1. The highest BCUT2D eigenvalue weighted by atomic mass is 16.5. The van der Waals surface area contributed by atoms with Gasteiger partial charge in [0.05, 0.1) is 5.56 Å². The SMILES string of the molecule is O=C(OCCN1CCCC1)c1cccc2ccccc12. The second-order valence-electron chi connectivity index (χ2n) is 5.21. The molecule has 3 rings (SSSR count). The third kappa shape index (κ3) is 2.83. The maximum atomic E-state index is 12.2. The van der Waals surface area contributed by atoms with Crippen LogP contribution in [0.2, 0.25) is 0 Å². The van der Waals surface area contributed by atoms with E-state index in [9.17, 15) is 4.79 Å². The Morgan fingerprint density at radius 3 is 2.65 bits per heavy atom. The quantitative estimate of drug-likeness (QED) is 0.799. The molecule has 2 aromatic carbocycles. The molecule has 3 heteroatoms. The number of carbonyl (C=O) groups excluding carboxylic acids is 1. The number of ether oxygens (including phenoxy) is 1. The van der Waals surface area contributed by atoms with Crippen molar-refractivity contribution < 1.29 is 9.53 Å². The van der Waals surface area contributed by atoms with Crippen LogP contribution in [0.3, 0.4) is 0 Å². The molecule has 1 saturated heterocycles. The van der Waals surface area contributed by atoms with Gasteiger partial charge in [-0.3, -0.25) is 4.90 Å². The summed E-state index contributed by atoms with van der Waals surface area (Å²) < 4.78 is 5.42. The first-order chi connectivity index (χ1) is 9.84. The van der Waals surface area contributed by atoms with Crippen molar-refractivity contribution in [1.29, 1.82) is 0 Å². The molecular weight excluding hydrogens is 250 g/mol. The molecule has 0 atom stereocenters. The van der Waals surface area contributed by atoms with Gasteiger partial charge in [-0.2, -0.15) is 0 Å². The second kappa shape index (κ2) is 6.06. The van der Waals surface area contributed by atoms with Gasteiger partial charge < -0.3 is 4.74 Å². The highest BCUT2D eigenvalue weighted by Crippen LogP contribution is 2.19. The van der Waals surface area contributed by atoms with Crippen molar-refractivity contribution in [3.05, 3.63) is 48.0 Å². The molecule has 0 N–H and O–H groups in total. The summed E-state index contributed by atoms with van der Waals surface area (Å²) in [5.74, 6) is -0.221. The minimum atomic E-state index is -0.221. The van der Waals surface area contributed by atoms with Crippen LogP contribution in [0.25, 0.3) is 10.8 Å². The average molecular weight is 269 g/mol. The zero-order valence-corrected chi connectivity index (χ0v) is 11.5. The number of benzene rings is 2. The lowest BCUT2D eigenvalue weighted by Crippen LogP contribution is -2.25. The highest BCUT2D eigenvalue weighted by Gasteiger charge is 2.14. The first-order valence-corrected chi connectivity index (χ1v) is 7.22. The van der Waals surface area contributed by atoms with Crippen LogP contribution in [0.5, 0.6) is 0 Å². The van der Waals surface area contributed by atoms with Crippen molar-refractivity contribution in [2.45, 2.75) is 12.8 Å². The molecule has 20 heavy (non-hydrogen) atoms. The van der Waals surface area contributed by atoms with E-state index in [4.69, 9.17) is 4.74 Å². The van der Waals surface area contributed by atoms with Crippen LogP contribution in [0.15, 0.2) is 42.5 Å². The molecular formula is C17H19NO2. The molecule has 0 amide bonds. The minimum absolute atomic E-state index is 0.221. The second-order valence-corrected chi connectivity index (χ2v) is 5.21. The van der Waals surface area contributed by atoms with Crippen molar-refractivity contribution in [3.63, 3.8) is 0 Å². The van der Waals surface area contributed by atoms with Crippen LogP contribution >= 0.6 is 0 Å². The zero-order valence-electron chi connectivity index (χ0n) is 11.5. The van der Waals surface area contributed by atoms with E-state index in [0.29, 0.717) is 12.2 Å². The van der Waals surface area contributed by atoms with E-state index in [2.05, 4.69) is 4.90 Å². The summed E-state index contributed by atoms with van der Waals surface area (Å²) in [7, 11) is 0. The van der Waals surface area contributed by atoms with Gasteiger partial charge in [0.2, 0.25) is 0 Å². The lowest BCUT2D eigenvalue weighted by molar-refractivity contribution is 0.0474. The van der Waals surface area contributed by atoms with Crippen molar-refractivity contribution >= 4 is 16.7 Å². The van der Waals surface area contributed by atoms with E-state index in [0.717, 1.165) is 30.4 Å². The van der Waals surface area contributed by atoms with Gasteiger partial charge in [0.15, 0.2) is 0 Å². The van der Waals surface area contributed by atoms with Gasteiger partial charge in [0.1, 0.15) is 6.61 Å². The average Bonchev–Trinajstić information content (AvgIpc) is 3.00. The number of hydrogen-bond donors (Lipinski definition) is 0. The molecule has 0 aliphatic carbocycles. The first-order valence-electron chi connectivity index (χ1n) is 7.22. The fourth-order valence-corrected chi connectivity index (χ4v) is 2.75. The molecule has 0 unspecified atom stereocenters. The summed E-state index contributed by atoms with van der Waals surface area (Å²) in [5, 5.41) is 2.03. The molecule has 0 bridgehead atoms. The third-order valence-corrected chi connectivity index (χ3v) is 3.85. The Labute approximate surface area is 119 Å². The van der Waals surface area contributed by atoms with Crippen LogP contribution in [-0.4, -0.2) is 37.1 Å². The summed E-state index contributed by atoms with van der Waals surface area (Å²) in [6.07, 6.45) is 2.52. The lowest BCUT2D eigenvalue weighted by Gasteiger charge is -2.14. The summed E-state index contributed by atoms with van der Waals surface area (Å²) in [6, 6.07) is 13.6. The number of esters is 1. The number of rotatable bonds is 4. The molecule has 0 saturated carbocycles. The maximum absolute atomic E-state index is 12.2. The Morgan fingerprint density at radius 1 is 1.05 bits per heavy atom. The number of hydrogen-bond acceptors (Lipinski definition) is 3. The van der Waals surface area contributed by atoms with Gasteiger partial charge in [-0.15, -0.1) is 0 Å². The molecule has 2 aromatic rings. The zero-order chi connectivity index (χ0) is 13.8. The van der Waals surface area contributed by atoms with Crippen molar-refractivity contribution in [3.8, 4) is 0 Å². The molecule has 0 aromatic heterocycles. The van der Waals surface area contributed by atoms with Gasteiger partial charge in [0, 0.05) is 6.54 Å². The molecule has 3 nitrogen and oxygen atoms in total. The van der Waals surface area contributed by atoms with E-state index >= 15 is 0 Å². The molecule has 104 valence electrons. The Bertz CT molecular complexity index is 597. The van der Waals surface area contributed by atoms with Crippen LogP contribution in [-0.2, 0) is 4.74 Å². The molecule has 1 fully saturated rings. The van der Waals surface area contributed by atoms with Gasteiger partial charge in [-0.1, -0.05) is 36.4 Å². The van der Waals surface area contributed by atoms with Gasteiger partial charge in [-0.05, 0) is 42.8 Å². The summed E-state index contributed by atoms with van der Waals surface area (Å²) in [6.45, 7) is 3.58. The predicted molar refractivity (Wildman–Crippen MR) is 79.9 cm³/mol. The molecule has 1 aliphatic heterocycles. The topological polar surface area (TPSA) is 29.5 Å². The standard InChI is InChI=1S/C17H19NO2/c19-17(20-13-12-18-10-3-4-11-18)16-9-5-7-14-6-1-2-8-15(14)16/h1-2,5-9H,3-4,10-13H2. The molecule has 0 radical (unpaired) electrons. The summed E-state index contributed by atoms with van der Waals surface area (Å²) >= 11 is 0. The lowest BCUT2D eigenvalue weighted by atomic mass is 10.1. The molecule has 1 heterocycles. The number of nitrogens with zero attached hydrogens (tertiary/aromatic N) is 1. The van der Waals surface area contributed by atoms with Gasteiger partial charge in [0.25, 0.3) is 0 Å². The number of carbonyl (C=O) groups is 1. The largest absolute Gasteiger partial charge is 0.461 e. The van der Waals surface area contributed by atoms with E-state index in [-0.39, 0.29) is 5.97 Å². The third-order valence-electron chi connectivity index (χ3n) is 3.85. The van der Waals surface area contributed by atoms with Gasteiger partial charge >= 0.3 is 5.97 Å². The van der Waals surface area contributed by atoms with E-state index in [1.165, 1.54) is 12.8 Å². The van der Waals surface area contributed by atoms with Gasteiger partial charge in [-0.25, -0.2) is 4.79 Å². The van der Waals surface area contributed by atoms with Crippen LogP contribution in [0, 0.1) is 0 Å². The van der Waals surface area contributed by atoms with Crippen LogP contribution in [0.4, 0.5) is 0 Å². The van der Waals surface area contributed by atoms with E-state index in [1.807, 2.05) is 42.5 Å². The molecule has 1 aliphatic rings. The number of fused-ring (bicyclic) bond motifs is 1. The van der Waals surface area contributed by atoms with E-state index in [1.54, 1.807) is 0 Å².